The van der Waals surface area contributed by atoms with E-state index < -0.39 is 17.8 Å². The summed E-state index contributed by atoms with van der Waals surface area (Å²) in [5, 5.41) is 24.1. The van der Waals surface area contributed by atoms with Gasteiger partial charge in [-0.05, 0) is 44.7 Å². The monoisotopic (exact) mass is 462 g/mol. The molecule has 0 unspecified atom stereocenters. The summed E-state index contributed by atoms with van der Waals surface area (Å²) in [4.78, 5) is 21.8. The number of aliphatic hydroxyl groups is 1. The molecule has 2 aromatic heterocycles. The number of nitriles is 1. The molecular weight excluding hydrogens is 435 g/mol. The Morgan fingerprint density at radius 1 is 1.24 bits per heavy atom. The summed E-state index contributed by atoms with van der Waals surface area (Å²) < 4.78 is 16.3. The van der Waals surface area contributed by atoms with Crippen molar-refractivity contribution in [2.24, 2.45) is 5.92 Å². The number of benzene rings is 1. The van der Waals surface area contributed by atoms with Gasteiger partial charge in [-0.15, -0.1) is 0 Å². The Morgan fingerprint density at radius 3 is 2.79 bits per heavy atom. The number of piperidine rings is 1. The largest absolute Gasteiger partial charge is 0.390 e. The Balaban J connectivity index is 1.48. The zero-order chi connectivity index (χ0) is 24.0. The molecule has 0 radical (unpaired) electrons. The molecule has 5 rings (SSSR count). The molecule has 0 saturated carbocycles. The molecule has 4 heterocycles. The van der Waals surface area contributed by atoms with Crippen molar-refractivity contribution in [3.05, 3.63) is 58.7 Å². The molecule has 1 N–H and O–H groups in total. The van der Waals surface area contributed by atoms with Gasteiger partial charge in [-0.1, -0.05) is 12.1 Å². The van der Waals surface area contributed by atoms with Crippen molar-refractivity contribution in [2.75, 3.05) is 24.5 Å². The van der Waals surface area contributed by atoms with Gasteiger partial charge in [-0.25, -0.2) is 13.9 Å². The van der Waals surface area contributed by atoms with E-state index in [1.54, 1.807) is 28.5 Å². The third kappa shape index (κ3) is 3.78. The van der Waals surface area contributed by atoms with Gasteiger partial charge >= 0.3 is 0 Å². The Bertz CT molecular complexity index is 1280. The van der Waals surface area contributed by atoms with Crippen LogP contribution in [0.4, 0.5) is 10.2 Å². The number of likely N-dealkylation sites (tertiary alicyclic amines) is 1. The highest BCUT2D eigenvalue weighted by atomic mass is 19.1. The molecule has 8 nitrogen and oxygen atoms in total. The Kier molecular flexibility index (Phi) is 5.70. The predicted molar refractivity (Wildman–Crippen MR) is 124 cm³/mol. The van der Waals surface area contributed by atoms with Gasteiger partial charge in [0.15, 0.2) is 5.65 Å². The summed E-state index contributed by atoms with van der Waals surface area (Å²) in [5.41, 5.74) is 2.98. The fraction of sp³-hybridized carbons (Fsp3) is 0.440. The maximum Gasteiger partial charge on any atom is 0.257 e. The van der Waals surface area contributed by atoms with Crippen LogP contribution in [-0.4, -0.2) is 56.2 Å². The molecule has 2 saturated heterocycles. The van der Waals surface area contributed by atoms with E-state index >= 15 is 0 Å². The molecule has 0 bridgehead atoms. The van der Waals surface area contributed by atoms with Crippen LogP contribution in [-0.2, 0) is 0 Å². The Morgan fingerprint density at radius 2 is 2.06 bits per heavy atom. The van der Waals surface area contributed by atoms with Crippen LogP contribution in [0.15, 0.2) is 30.5 Å². The van der Waals surface area contributed by atoms with E-state index in [2.05, 4.69) is 6.07 Å². The van der Waals surface area contributed by atoms with Gasteiger partial charge in [0.1, 0.15) is 11.6 Å². The number of aryl methyl sites for hydroxylation is 2. The Hall–Kier alpha value is -3.51. The predicted octanol–water partition coefficient (Wildman–Crippen LogP) is 3.17. The average molecular weight is 463 g/mol. The number of rotatable bonds is 3. The highest BCUT2D eigenvalue weighted by molar-refractivity contribution is 5.96. The zero-order valence-electron chi connectivity index (χ0n) is 19.3. The highest BCUT2D eigenvalue weighted by Crippen LogP contribution is 2.33. The first-order valence-electron chi connectivity index (χ1n) is 11.6. The van der Waals surface area contributed by atoms with E-state index in [0.29, 0.717) is 36.7 Å². The van der Waals surface area contributed by atoms with Gasteiger partial charge in [0.05, 0.1) is 35.4 Å². The van der Waals surface area contributed by atoms with Crippen LogP contribution >= 0.6 is 0 Å². The van der Waals surface area contributed by atoms with Crippen LogP contribution in [0.25, 0.3) is 5.65 Å². The third-order valence-electron chi connectivity index (χ3n) is 6.92. The Labute approximate surface area is 197 Å². The van der Waals surface area contributed by atoms with Crippen molar-refractivity contribution in [2.45, 2.75) is 45.3 Å². The number of aromatic nitrogens is 3. The van der Waals surface area contributed by atoms with E-state index in [9.17, 15) is 19.6 Å². The van der Waals surface area contributed by atoms with Crippen LogP contribution in [0.3, 0.4) is 0 Å². The van der Waals surface area contributed by atoms with E-state index in [1.165, 1.54) is 6.07 Å². The fourth-order valence-electron chi connectivity index (χ4n) is 5.12. The van der Waals surface area contributed by atoms with Crippen molar-refractivity contribution in [3.8, 4) is 6.07 Å². The molecule has 2 aliphatic heterocycles. The molecule has 0 spiro atoms. The topological polar surface area (TPSA) is 97.8 Å². The first-order chi connectivity index (χ1) is 16.4. The van der Waals surface area contributed by atoms with Crippen LogP contribution in [0.1, 0.15) is 52.5 Å². The van der Waals surface area contributed by atoms with Crippen LogP contribution in [0.5, 0.6) is 0 Å². The van der Waals surface area contributed by atoms with Crippen molar-refractivity contribution in [1.29, 1.82) is 5.26 Å². The number of β-amino-alcohol motifs (C(OH)–C–C–N with tert-alkyl or cyclic N) is 1. The maximum absolute atomic E-state index is 14.6. The van der Waals surface area contributed by atoms with Crippen LogP contribution < -0.4 is 4.90 Å². The molecule has 1 amide bonds. The van der Waals surface area contributed by atoms with E-state index in [0.717, 1.165) is 30.5 Å². The average Bonchev–Trinajstić information content (AvgIpc) is 3.40. The summed E-state index contributed by atoms with van der Waals surface area (Å²) in [5.74, 6) is -0.540. The van der Waals surface area contributed by atoms with Gasteiger partial charge in [0, 0.05) is 37.5 Å². The number of hydrogen-bond acceptors (Lipinski definition) is 6. The zero-order valence-corrected chi connectivity index (χ0v) is 19.3. The highest BCUT2D eigenvalue weighted by Gasteiger charge is 2.34. The molecule has 176 valence electrons. The van der Waals surface area contributed by atoms with Crippen LogP contribution in [0, 0.1) is 36.9 Å². The first-order valence-corrected chi connectivity index (χ1v) is 11.6. The van der Waals surface area contributed by atoms with Gasteiger partial charge in [-0.3, -0.25) is 4.79 Å². The molecule has 34 heavy (non-hydrogen) atoms. The number of carbonyl (C=O) groups is 1. The number of halogens is 1. The van der Waals surface area contributed by atoms with Crippen molar-refractivity contribution >= 4 is 17.4 Å². The molecular formula is C25H27FN6O2. The van der Waals surface area contributed by atoms with Crippen molar-refractivity contribution in [1.82, 2.24) is 19.5 Å². The SMILES string of the molecule is Cc1cn2nc([C@@H]3CCCCN3C(=O)c3c(C)cccc3F)cc2nc1N1C[C@@H](C#N)[C@@H](O)C1. The standard InChI is InChI=1S/C25H27FN6O2/c1-15-6-5-7-18(26)23(15)25(34)31-9-4-3-8-20(31)19-10-22-28-24(16(2)12-32(22)29-19)30-13-17(11-27)21(33)14-30/h5-7,10,12,17,20-21,33H,3-4,8-9,13-14H2,1-2H3/t17-,20+,21+/m1/s1. The summed E-state index contributed by atoms with van der Waals surface area (Å²) in [7, 11) is 0. The molecule has 1 aromatic carbocycles. The minimum Gasteiger partial charge on any atom is -0.390 e. The summed E-state index contributed by atoms with van der Waals surface area (Å²) >= 11 is 0. The lowest BCUT2D eigenvalue weighted by Crippen LogP contribution is -2.39. The summed E-state index contributed by atoms with van der Waals surface area (Å²) in [6.07, 6.45) is 3.74. The minimum absolute atomic E-state index is 0.119. The minimum atomic E-state index is -0.702. The van der Waals surface area contributed by atoms with E-state index in [4.69, 9.17) is 10.1 Å². The van der Waals surface area contributed by atoms with E-state index in [1.807, 2.05) is 24.1 Å². The second kappa shape index (κ2) is 8.69. The van der Waals surface area contributed by atoms with Gasteiger partial charge < -0.3 is 14.9 Å². The van der Waals surface area contributed by atoms with Gasteiger partial charge in [-0.2, -0.15) is 10.4 Å². The smallest absolute Gasteiger partial charge is 0.257 e. The number of hydrogen-bond donors (Lipinski definition) is 1. The molecule has 2 aliphatic rings. The lowest BCUT2D eigenvalue weighted by atomic mass is 9.97. The fourth-order valence-corrected chi connectivity index (χ4v) is 5.12. The van der Waals surface area contributed by atoms with Crippen LogP contribution in [0.2, 0.25) is 0 Å². The molecule has 9 heteroatoms. The number of anilines is 1. The summed E-state index contributed by atoms with van der Waals surface area (Å²) in [6.45, 7) is 5.00. The van der Waals surface area contributed by atoms with E-state index in [-0.39, 0.29) is 17.5 Å². The second-order valence-electron chi connectivity index (χ2n) is 9.27. The molecule has 2 fully saturated rings. The summed E-state index contributed by atoms with van der Waals surface area (Å²) in [6, 6.07) is 8.45. The second-order valence-corrected chi connectivity index (χ2v) is 9.27. The number of nitrogens with zero attached hydrogens (tertiary/aromatic N) is 6. The maximum atomic E-state index is 14.6. The normalized spacial score (nSPS) is 22.9. The number of amides is 1. The van der Waals surface area contributed by atoms with Crippen molar-refractivity contribution < 1.29 is 14.3 Å². The van der Waals surface area contributed by atoms with Gasteiger partial charge in [0.25, 0.3) is 5.91 Å². The molecule has 3 aromatic rings. The number of carbonyl (C=O) groups excluding carboxylic acids is 1. The van der Waals surface area contributed by atoms with Gasteiger partial charge in [0.2, 0.25) is 0 Å². The first kappa shape index (κ1) is 22.3. The number of fused-ring (bicyclic) bond motifs is 1. The number of aliphatic hydroxyl groups excluding tert-OH is 1. The molecule has 3 atom stereocenters. The quantitative estimate of drug-likeness (QED) is 0.642. The lowest BCUT2D eigenvalue weighted by molar-refractivity contribution is 0.0600. The van der Waals surface area contributed by atoms with Crippen molar-refractivity contribution in [3.63, 3.8) is 0 Å². The third-order valence-corrected chi connectivity index (χ3v) is 6.92. The lowest BCUT2D eigenvalue weighted by Gasteiger charge is -2.35. The molecule has 0 aliphatic carbocycles.